The Morgan fingerprint density at radius 3 is 2.60 bits per heavy atom. The van der Waals surface area contributed by atoms with Crippen molar-refractivity contribution in [2.24, 2.45) is 11.7 Å². The van der Waals surface area contributed by atoms with Gasteiger partial charge in [-0.1, -0.05) is 12.1 Å². The van der Waals surface area contributed by atoms with E-state index in [-0.39, 0.29) is 36.3 Å². The Balaban J connectivity index is 1.74. The number of amides is 3. The second-order valence-electron chi connectivity index (χ2n) is 10.0. The number of benzene rings is 1. The van der Waals surface area contributed by atoms with Gasteiger partial charge in [-0.15, -0.1) is 6.58 Å². The van der Waals surface area contributed by atoms with Crippen molar-refractivity contribution in [2.45, 2.75) is 76.6 Å². The molecule has 1 heterocycles. The van der Waals surface area contributed by atoms with Gasteiger partial charge >= 0.3 is 6.09 Å². The minimum Gasteiger partial charge on any atom is -0.490 e. The minimum absolute atomic E-state index is 0.0813. The van der Waals surface area contributed by atoms with E-state index in [1.807, 2.05) is 0 Å². The third-order valence-corrected chi connectivity index (χ3v) is 6.25. The quantitative estimate of drug-likeness (QED) is 0.405. The van der Waals surface area contributed by atoms with Crippen LogP contribution in [0.3, 0.4) is 0 Å². The summed E-state index contributed by atoms with van der Waals surface area (Å²) in [6.45, 7) is 8.88. The number of ether oxygens (including phenoxy) is 2. The van der Waals surface area contributed by atoms with Crippen LogP contribution >= 0.6 is 0 Å². The van der Waals surface area contributed by atoms with Gasteiger partial charge in [-0.3, -0.25) is 14.5 Å². The molecule has 1 saturated heterocycles. The van der Waals surface area contributed by atoms with E-state index in [0.717, 1.165) is 12.8 Å². The number of fused-ring (bicyclic) bond motifs is 2. The van der Waals surface area contributed by atoms with Crippen LogP contribution in [0.25, 0.3) is 0 Å². The highest BCUT2D eigenvalue weighted by Crippen LogP contribution is 2.43. The van der Waals surface area contributed by atoms with E-state index >= 15 is 0 Å². The zero-order valence-electron chi connectivity index (χ0n) is 20.3. The molecule has 0 radical (unpaired) electrons. The van der Waals surface area contributed by atoms with Gasteiger partial charge in [0.1, 0.15) is 17.7 Å². The zero-order valence-corrected chi connectivity index (χ0v) is 20.3. The minimum atomic E-state index is -1.30. The number of primary amides is 1. The third-order valence-electron chi connectivity index (χ3n) is 6.25. The smallest absolute Gasteiger partial charge is 0.411 e. The highest BCUT2D eigenvalue weighted by Gasteiger charge is 2.52. The normalized spacial score (nSPS) is 22.0. The fourth-order valence-corrected chi connectivity index (χ4v) is 4.70. The Bertz CT molecular complexity index is 994. The van der Waals surface area contributed by atoms with Gasteiger partial charge in [0.15, 0.2) is 11.6 Å². The van der Waals surface area contributed by atoms with Gasteiger partial charge in [-0.25, -0.2) is 9.18 Å². The van der Waals surface area contributed by atoms with Gasteiger partial charge in [0, 0.05) is 12.5 Å². The molecular formula is C25H33F2N3O5. The van der Waals surface area contributed by atoms with Crippen LogP contribution in [0.2, 0.25) is 0 Å². The number of piperidine rings is 1. The van der Waals surface area contributed by atoms with E-state index in [2.05, 4.69) is 11.9 Å². The second kappa shape index (κ2) is 10.6. The fourth-order valence-electron chi connectivity index (χ4n) is 4.70. The number of hydrogen-bond acceptors (Lipinski definition) is 5. The van der Waals surface area contributed by atoms with Crippen LogP contribution in [-0.4, -0.2) is 53.1 Å². The van der Waals surface area contributed by atoms with Crippen molar-refractivity contribution in [3.8, 4) is 5.75 Å². The van der Waals surface area contributed by atoms with E-state index in [4.69, 9.17) is 15.2 Å². The first kappa shape index (κ1) is 26.4. The molecule has 1 saturated carbocycles. The van der Waals surface area contributed by atoms with Crippen LogP contribution in [0, 0.1) is 17.6 Å². The second-order valence-corrected chi connectivity index (χ2v) is 10.0. The SMILES string of the molecule is C=CCCOc1ccc(C[C@H](NC(=O)[C@@H]2[C@H]3CC[C@H](C3)N2C(=O)OC(C)(C)C)C(N)=O)c(F)c1F. The number of carbonyl (C=O) groups is 3. The molecular weight excluding hydrogens is 460 g/mol. The molecule has 0 unspecified atom stereocenters. The van der Waals surface area contributed by atoms with Crippen LogP contribution in [0.15, 0.2) is 24.8 Å². The van der Waals surface area contributed by atoms with E-state index < -0.39 is 47.2 Å². The Morgan fingerprint density at radius 2 is 1.97 bits per heavy atom. The molecule has 1 aliphatic heterocycles. The predicted molar refractivity (Wildman–Crippen MR) is 124 cm³/mol. The van der Waals surface area contributed by atoms with Crippen molar-refractivity contribution in [3.63, 3.8) is 0 Å². The summed E-state index contributed by atoms with van der Waals surface area (Å²) >= 11 is 0. The molecule has 3 amide bonds. The van der Waals surface area contributed by atoms with Crippen LogP contribution in [0.1, 0.15) is 52.0 Å². The van der Waals surface area contributed by atoms with Gasteiger partial charge in [-0.2, -0.15) is 4.39 Å². The lowest BCUT2D eigenvalue weighted by Crippen LogP contribution is -2.57. The Hall–Kier alpha value is -3.17. The lowest BCUT2D eigenvalue weighted by atomic mass is 9.97. The Kier molecular flexibility index (Phi) is 8.02. The van der Waals surface area contributed by atoms with Gasteiger partial charge in [0.05, 0.1) is 6.61 Å². The first-order valence-electron chi connectivity index (χ1n) is 11.7. The highest BCUT2D eigenvalue weighted by molar-refractivity contribution is 5.91. The summed E-state index contributed by atoms with van der Waals surface area (Å²) in [6.07, 6.45) is 3.27. The Morgan fingerprint density at radius 1 is 1.26 bits per heavy atom. The molecule has 2 bridgehead atoms. The van der Waals surface area contributed by atoms with E-state index in [1.54, 1.807) is 26.8 Å². The number of likely N-dealkylation sites (tertiary alicyclic amines) is 1. The number of nitrogens with zero attached hydrogens (tertiary/aromatic N) is 1. The average Bonchev–Trinajstić information content (AvgIpc) is 3.38. The van der Waals surface area contributed by atoms with Crippen molar-refractivity contribution in [2.75, 3.05) is 6.61 Å². The Labute approximate surface area is 203 Å². The van der Waals surface area contributed by atoms with Crippen LogP contribution in [0.4, 0.5) is 13.6 Å². The van der Waals surface area contributed by atoms with Crippen molar-refractivity contribution >= 4 is 17.9 Å². The van der Waals surface area contributed by atoms with E-state index in [9.17, 15) is 23.2 Å². The van der Waals surface area contributed by atoms with Crippen molar-refractivity contribution in [3.05, 3.63) is 42.0 Å². The molecule has 1 aliphatic carbocycles. The molecule has 2 aliphatic rings. The van der Waals surface area contributed by atoms with Crippen molar-refractivity contribution in [1.29, 1.82) is 0 Å². The lowest BCUT2D eigenvalue weighted by Gasteiger charge is -2.36. The third kappa shape index (κ3) is 6.10. The van der Waals surface area contributed by atoms with E-state index in [1.165, 1.54) is 17.0 Å². The molecule has 2 fully saturated rings. The predicted octanol–water partition coefficient (Wildman–Crippen LogP) is 3.22. The lowest BCUT2D eigenvalue weighted by molar-refractivity contribution is -0.132. The number of rotatable bonds is 9. The summed E-state index contributed by atoms with van der Waals surface area (Å²) in [4.78, 5) is 39.6. The van der Waals surface area contributed by atoms with Crippen LogP contribution in [0.5, 0.6) is 5.75 Å². The molecule has 0 spiro atoms. The first-order chi connectivity index (χ1) is 16.4. The standard InChI is InChI=1S/C25H33F2N3O5/c1-5-6-11-34-18-10-8-14(19(26)20(18)27)13-17(22(28)31)29-23(32)21-15-7-9-16(12-15)30(21)24(33)35-25(2,3)4/h5,8,10,15-17,21H,1,6-7,9,11-13H2,2-4H3,(H2,28,31)(H,29,32)/t15-,16+,17-,21-/m0/s1. The van der Waals surface area contributed by atoms with Gasteiger partial charge < -0.3 is 20.5 Å². The topological polar surface area (TPSA) is 111 Å². The number of nitrogens with two attached hydrogens (primary N) is 1. The molecule has 35 heavy (non-hydrogen) atoms. The van der Waals surface area contributed by atoms with Gasteiger partial charge in [-0.05, 0) is 64.0 Å². The van der Waals surface area contributed by atoms with Crippen molar-refractivity contribution in [1.82, 2.24) is 10.2 Å². The summed E-state index contributed by atoms with van der Waals surface area (Å²) in [6, 6.07) is 0.291. The molecule has 4 atom stereocenters. The molecule has 0 aromatic heterocycles. The molecule has 1 aromatic rings. The molecule has 10 heteroatoms. The number of halogens is 2. The summed E-state index contributed by atoms with van der Waals surface area (Å²) in [5.74, 6) is -4.19. The number of carbonyl (C=O) groups excluding carboxylic acids is 3. The summed E-state index contributed by atoms with van der Waals surface area (Å²) in [5.41, 5.74) is 4.60. The number of nitrogens with one attached hydrogen (secondary N) is 1. The largest absolute Gasteiger partial charge is 0.490 e. The molecule has 8 nitrogen and oxygen atoms in total. The maximum atomic E-state index is 14.7. The summed E-state index contributed by atoms with van der Waals surface area (Å²) < 4.78 is 39.8. The summed E-state index contributed by atoms with van der Waals surface area (Å²) in [5, 5.41) is 2.55. The molecule has 3 N–H and O–H groups in total. The van der Waals surface area contributed by atoms with Gasteiger partial charge in [0.2, 0.25) is 17.6 Å². The van der Waals surface area contributed by atoms with Gasteiger partial charge in [0.25, 0.3) is 0 Å². The van der Waals surface area contributed by atoms with Crippen LogP contribution < -0.4 is 15.8 Å². The van der Waals surface area contributed by atoms with Crippen LogP contribution in [-0.2, 0) is 20.7 Å². The molecule has 192 valence electrons. The molecule has 1 aromatic carbocycles. The maximum absolute atomic E-state index is 14.7. The highest BCUT2D eigenvalue weighted by atomic mass is 19.2. The maximum Gasteiger partial charge on any atom is 0.411 e. The molecule has 3 rings (SSSR count). The first-order valence-corrected chi connectivity index (χ1v) is 11.7. The van der Waals surface area contributed by atoms with E-state index in [0.29, 0.717) is 12.8 Å². The summed E-state index contributed by atoms with van der Waals surface area (Å²) in [7, 11) is 0. The fraction of sp³-hybridized carbons (Fsp3) is 0.560. The van der Waals surface area contributed by atoms with Crippen molar-refractivity contribution < 1.29 is 32.6 Å². The average molecular weight is 494 g/mol. The zero-order chi connectivity index (χ0) is 25.9. The number of hydrogen-bond donors (Lipinski definition) is 2. The monoisotopic (exact) mass is 493 g/mol.